The third-order valence-electron chi connectivity index (χ3n) is 2.41. The normalized spacial score (nSPS) is 12.5. The maximum Gasteiger partial charge on any atom is 0.326 e. The minimum atomic E-state index is -0.894. The number of nitrogens with zero attached hydrogens (tertiary/aromatic N) is 2. The van der Waals surface area contributed by atoms with E-state index >= 15 is 0 Å². The standard InChI is InChI=1S/C12H19N3O3/c1-7(2)11(12(16)17)15-9-5-8(3)13-10(14-9)6-18-4/h5,7,11H,6H2,1-4H3,(H,16,17)(H,13,14,15)/t11-/m1/s1. The lowest BCUT2D eigenvalue weighted by atomic mass is 10.1. The van der Waals surface area contributed by atoms with E-state index in [9.17, 15) is 4.79 Å². The van der Waals surface area contributed by atoms with E-state index in [0.717, 1.165) is 5.69 Å². The van der Waals surface area contributed by atoms with Crippen LogP contribution in [-0.4, -0.2) is 34.2 Å². The molecule has 18 heavy (non-hydrogen) atoms. The fraction of sp³-hybridized carbons (Fsp3) is 0.583. The largest absolute Gasteiger partial charge is 0.480 e. The quantitative estimate of drug-likeness (QED) is 0.798. The number of ether oxygens (including phenoxy) is 1. The van der Waals surface area contributed by atoms with E-state index in [1.165, 1.54) is 0 Å². The van der Waals surface area contributed by atoms with Gasteiger partial charge in [-0.25, -0.2) is 14.8 Å². The molecule has 0 amide bonds. The lowest BCUT2D eigenvalue weighted by Gasteiger charge is -2.19. The molecule has 0 aromatic carbocycles. The Morgan fingerprint density at radius 3 is 2.67 bits per heavy atom. The molecule has 0 aliphatic carbocycles. The van der Waals surface area contributed by atoms with Crippen LogP contribution in [0.5, 0.6) is 0 Å². The summed E-state index contributed by atoms with van der Waals surface area (Å²) >= 11 is 0. The summed E-state index contributed by atoms with van der Waals surface area (Å²) in [5, 5.41) is 12.0. The van der Waals surface area contributed by atoms with Crippen LogP contribution in [0.1, 0.15) is 25.4 Å². The number of carboxylic acids is 1. The number of hydrogen-bond donors (Lipinski definition) is 2. The smallest absolute Gasteiger partial charge is 0.326 e. The van der Waals surface area contributed by atoms with Gasteiger partial charge >= 0.3 is 5.97 Å². The fourth-order valence-electron chi connectivity index (χ4n) is 1.57. The Morgan fingerprint density at radius 2 is 2.17 bits per heavy atom. The molecule has 100 valence electrons. The van der Waals surface area contributed by atoms with Gasteiger partial charge in [0.25, 0.3) is 0 Å². The molecule has 0 unspecified atom stereocenters. The van der Waals surface area contributed by atoms with Gasteiger partial charge in [-0.3, -0.25) is 0 Å². The fourth-order valence-corrected chi connectivity index (χ4v) is 1.57. The Morgan fingerprint density at radius 1 is 1.50 bits per heavy atom. The predicted molar refractivity (Wildman–Crippen MR) is 67.4 cm³/mol. The van der Waals surface area contributed by atoms with Crippen molar-refractivity contribution in [2.24, 2.45) is 5.92 Å². The molecule has 0 radical (unpaired) electrons. The van der Waals surface area contributed by atoms with Crippen LogP contribution in [0.4, 0.5) is 5.82 Å². The van der Waals surface area contributed by atoms with Crippen LogP contribution in [0.2, 0.25) is 0 Å². The molecule has 0 bridgehead atoms. The van der Waals surface area contributed by atoms with E-state index in [-0.39, 0.29) is 5.92 Å². The molecule has 6 heteroatoms. The molecule has 6 nitrogen and oxygen atoms in total. The molecule has 0 spiro atoms. The maximum absolute atomic E-state index is 11.1. The number of rotatable bonds is 6. The number of hydrogen-bond acceptors (Lipinski definition) is 5. The highest BCUT2D eigenvalue weighted by Gasteiger charge is 2.21. The molecule has 0 fully saturated rings. The minimum Gasteiger partial charge on any atom is -0.480 e. The molecule has 1 rings (SSSR count). The summed E-state index contributed by atoms with van der Waals surface area (Å²) < 4.78 is 4.97. The Balaban J connectivity index is 2.91. The van der Waals surface area contributed by atoms with Crippen molar-refractivity contribution in [2.45, 2.75) is 33.4 Å². The summed E-state index contributed by atoms with van der Waals surface area (Å²) in [6.45, 7) is 5.82. The van der Waals surface area contributed by atoms with Gasteiger partial charge in [-0.2, -0.15) is 0 Å². The van der Waals surface area contributed by atoms with Crippen molar-refractivity contribution in [3.8, 4) is 0 Å². The first-order valence-electron chi connectivity index (χ1n) is 5.77. The molecule has 0 aliphatic heterocycles. The van der Waals surface area contributed by atoms with Gasteiger partial charge in [-0.05, 0) is 12.8 Å². The molecule has 1 aromatic heterocycles. The summed E-state index contributed by atoms with van der Waals surface area (Å²) in [5.41, 5.74) is 0.771. The highest BCUT2D eigenvalue weighted by atomic mass is 16.5. The Hall–Kier alpha value is -1.69. The predicted octanol–water partition coefficient (Wildman–Crippen LogP) is 1.45. The second-order valence-corrected chi connectivity index (χ2v) is 4.45. The van der Waals surface area contributed by atoms with Crippen LogP contribution in [0.25, 0.3) is 0 Å². The Labute approximate surface area is 106 Å². The summed E-state index contributed by atoms with van der Waals surface area (Å²) in [4.78, 5) is 19.5. The van der Waals surface area contributed by atoms with Gasteiger partial charge in [-0.1, -0.05) is 13.8 Å². The Bertz CT molecular complexity index is 421. The molecule has 1 heterocycles. The maximum atomic E-state index is 11.1. The van der Waals surface area contributed by atoms with Gasteiger partial charge < -0.3 is 15.2 Å². The van der Waals surface area contributed by atoms with Crippen molar-refractivity contribution in [3.05, 3.63) is 17.6 Å². The zero-order valence-corrected chi connectivity index (χ0v) is 11.1. The van der Waals surface area contributed by atoms with Crippen LogP contribution in [0.15, 0.2) is 6.07 Å². The highest BCUT2D eigenvalue weighted by molar-refractivity contribution is 5.77. The van der Waals surface area contributed by atoms with Crippen LogP contribution >= 0.6 is 0 Å². The molecule has 0 saturated carbocycles. The number of nitrogens with one attached hydrogen (secondary N) is 1. The van der Waals surface area contributed by atoms with Crippen LogP contribution in [-0.2, 0) is 16.1 Å². The molecule has 0 aliphatic rings. The highest BCUT2D eigenvalue weighted by Crippen LogP contribution is 2.12. The molecule has 0 saturated heterocycles. The van der Waals surface area contributed by atoms with Crippen molar-refractivity contribution < 1.29 is 14.6 Å². The first-order valence-corrected chi connectivity index (χ1v) is 5.77. The monoisotopic (exact) mass is 253 g/mol. The second kappa shape index (κ2) is 6.30. The molecular formula is C12H19N3O3. The number of aliphatic carboxylic acids is 1. The van der Waals surface area contributed by atoms with Gasteiger partial charge in [-0.15, -0.1) is 0 Å². The van der Waals surface area contributed by atoms with E-state index in [2.05, 4.69) is 15.3 Å². The van der Waals surface area contributed by atoms with Gasteiger partial charge in [0.2, 0.25) is 0 Å². The van der Waals surface area contributed by atoms with Crippen molar-refractivity contribution in [1.82, 2.24) is 9.97 Å². The first kappa shape index (κ1) is 14.4. The number of aryl methyl sites for hydroxylation is 1. The van der Waals surface area contributed by atoms with Crippen LogP contribution in [0.3, 0.4) is 0 Å². The topological polar surface area (TPSA) is 84.3 Å². The zero-order valence-electron chi connectivity index (χ0n) is 11.1. The zero-order chi connectivity index (χ0) is 13.7. The average Bonchev–Trinajstić information content (AvgIpc) is 2.24. The van der Waals surface area contributed by atoms with Gasteiger partial charge in [0, 0.05) is 18.9 Å². The number of anilines is 1. The van der Waals surface area contributed by atoms with E-state index < -0.39 is 12.0 Å². The Kier molecular flexibility index (Phi) is 5.03. The third-order valence-corrected chi connectivity index (χ3v) is 2.41. The van der Waals surface area contributed by atoms with Crippen LogP contribution in [0, 0.1) is 12.8 Å². The molecular weight excluding hydrogens is 234 g/mol. The lowest BCUT2D eigenvalue weighted by molar-refractivity contribution is -0.138. The molecule has 1 aromatic rings. The summed E-state index contributed by atoms with van der Waals surface area (Å²) in [6.07, 6.45) is 0. The molecule has 1 atom stereocenters. The van der Waals surface area contributed by atoms with Gasteiger partial charge in [0.1, 0.15) is 18.5 Å². The van der Waals surface area contributed by atoms with Crippen molar-refractivity contribution in [2.75, 3.05) is 12.4 Å². The van der Waals surface area contributed by atoms with E-state index in [4.69, 9.17) is 9.84 Å². The van der Waals surface area contributed by atoms with Gasteiger partial charge in [0.05, 0.1) is 0 Å². The van der Waals surface area contributed by atoms with E-state index in [1.54, 1.807) is 13.2 Å². The lowest BCUT2D eigenvalue weighted by Crippen LogP contribution is -2.34. The van der Waals surface area contributed by atoms with E-state index in [0.29, 0.717) is 18.2 Å². The first-order chi connectivity index (χ1) is 8.43. The van der Waals surface area contributed by atoms with E-state index in [1.807, 2.05) is 20.8 Å². The average molecular weight is 253 g/mol. The van der Waals surface area contributed by atoms with Crippen molar-refractivity contribution in [1.29, 1.82) is 0 Å². The summed E-state index contributed by atoms with van der Waals surface area (Å²) in [6, 6.07) is 1.05. The van der Waals surface area contributed by atoms with Crippen molar-refractivity contribution in [3.63, 3.8) is 0 Å². The third kappa shape index (κ3) is 3.96. The minimum absolute atomic E-state index is 0.0383. The number of methoxy groups -OCH3 is 1. The summed E-state index contributed by atoms with van der Waals surface area (Å²) in [5.74, 6) is 0.113. The number of aromatic nitrogens is 2. The second-order valence-electron chi connectivity index (χ2n) is 4.45. The molecule has 2 N–H and O–H groups in total. The number of carboxylic acid groups (broad SMARTS) is 1. The van der Waals surface area contributed by atoms with Crippen molar-refractivity contribution >= 4 is 11.8 Å². The number of carbonyl (C=O) groups is 1. The van der Waals surface area contributed by atoms with Crippen LogP contribution < -0.4 is 5.32 Å². The van der Waals surface area contributed by atoms with Gasteiger partial charge in [0.15, 0.2) is 5.82 Å². The summed E-state index contributed by atoms with van der Waals surface area (Å²) in [7, 11) is 1.56. The SMILES string of the molecule is COCc1nc(C)cc(N[C@@H](C(=O)O)C(C)C)n1.